The van der Waals surface area contributed by atoms with Crippen LogP contribution in [-0.4, -0.2) is 6.10 Å². The summed E-state index contributed by atoms with van der Waals surface area (Å²) in [5.74, 6) is 2.16. The second kappa shape index (κ2) is 10.1. The van der Waals surface area contributed by atoms with Crippen LogP contribution in [-0.2, 0) is 0 Å². The fourth-order valence-electron chi connectivity index (χ4n) is 8.75. The molecule has 0 amide bonds. The van der Waals surface area contributed by atoms with Crippen LogP contribution in [0.5, 0.6) is 5.75 Å². The lowest BCUT2D eigenvalue weighted by molar-refractivity contribution is 0.218. The number of hydrogen-bond donors (Lipinski definition) is 0. The summed E-state index contributed by atoms with van der Waals surface area (Å²) < 4.78 is 6.81. The number of rotatable bonds is 3. The minimum atomic E-state index is 0.0867. The molecule has 4 aromatic carbocycles. The van der Waals surface area contributed by atoms with Gasteiger partial charge in [0.1, 0.15) is 11.9 Å². The van der Waals surface area contributed by atoms with Crippen LogP contribution >= 0.6 is 0 Å². The maximum atomic E-state index is 6.81. The smallest absolute Gasteiger partial charge is 0.131 e. The molecule has 5 aliphatic rings. The number of ether oxygens (including phenoxy) is 1. The Kier molecular flexibility index (Phi) is 5.93. The second-order valence-corrected chi connectivity index (χ2v) is 12.9. The van der Waals surface area contributed by atoms with E-state index >= 15 is 0 Å². The number of fused-ring (bicyclic) bond motifs is 6. The molecule has 0 N–H and O–H groups in total. The lowest BCUT2D eigenvalue weighted by Gasteiger charge is -2.38. The van der Waals surface area contributed by atoms with Gasteiger partial charge in [-0.05, 0) is 99.9 Å². The van der Waals surface area contributed by atoms with Crippen LogP contribution in [0, 0.1) is 5.92 Å². The molecular formula is C42H36O. The normalized spacial score (nSPS) is 25.7. The minimum absolute atomic E-state index is 0.0867. The molecular weight excluding hydrogens is 520 g/mol. The molecule has 210 valence electrons. The Bertz CT molecular complexity index is 1920. The van der Waals surface area contributed by atoms with Crippen molar-refractivity contribution in [3.05, 3.63) is 155 Å². The molecule has 9 rings (SSSR count). The Labute approximate surface area is 254 Å². The van der Waals surface area contributed by atoms with Gasteiger partial charge in [-0.15, -0.1) is 0 Å². The van der Waals surface area contributed by atoms with E-state index in [-0.39, 0.29) is 6.10 Å². The van der Waals surface area contributed by atoms with Gasteiger partial charge in [-0.1, -0.05) is 121 Å². The van der Waals surface area contributed by atoms with Crippen LogP contribution in [0.1, 0.15) is 67.1 Å². The molecule has 0 saturated carbocycles. The molecule has 1 heterocycles. The van der Waals surface area contributed by atoms with E-state index in [4.69, 9.17) is 4.74 Å². The molecule has 1 nitrogen and oxygen atoms in total. The maximum absolute atomic E-state index is 6.81. The zero-order valence-corrected chi connectivity index (χ0v) is 24.5. The van der Waals surface area contributed by atoms with Crippen LogP contribution in [0.2, 0.25) is 0 Å². The van der Waals surface area contributed by atoms with Crippen molar-refractivity contribution in [2.45, 2.75) is 56.5 Å². The molecule has 0 saturated heterocycles. The van der Waals surface area contributed by atoms with E-state index in [2.05, 4.69) is 121 Å². The second-order valence-electron chi connectivity index (χ2n) is 12.9. The average molecular weight is 557 g/mol. The highest BCUT2D eigenvalue weighted by atomic mass is 16.5. The van der Waals surface area contributed by atoms with Gasteiger partial charge in [0.2, 0.25) is 0 Å². The number of hydrogen-bond acceptors (Lipinski definition) is 1. The molecule has 4 atom stereocenters. The lowest BCUT2D eigenvalue weighted by Crippen LogP contribution is -2.32. The summed E-state index contributed by atoms with van der Waals surface area (Å²) in [5, 5.41) is 5.58. The van der Waals surface area contributed by atoms with E-state index in [1.165, 1.54) is 55.0 Å². The zero-order valence-electron chi connectivity index (χ0n) is 24.5. The summed E-state index contributed by atoms with van der Waals surface area (Å²) in [5.41, 5.74) is 10.2. The van der Waals surface area contributed by atoms with Gasteiger partial charge in [0, 0.05) is 17.4 Å². The predicted octanol–water partition coefficient (Wildman–Crippen LogP) is 10.9. The molecule has 43 heavy (non-hydrogen) atoms. The highest BCUT2D eigenvalue weighted by Crippen LogP contribution is 2.57. The standard InChI is InChI=1S/C42H36O/c1-2-13-27(14-3-1)28-16-12-17-30(25-28)39-32-19-6-8-21-34(32)40(35-22-9-7-20-33(35)39)37-26-29-15-4-5-18-31(29)42-41(37)36-23-10-11-24-38(36)43-42/h2,5-14,16-24,28,37,41-42H,1,3-4,15,25-26H2. The Hall–Kier alpha value is -4.36. The molecule has 0 fully saturated rings. The van der Waals surface area contributed by atoms with E-state index < -0.39 is 0 Å². The molecule has 0 spiro atoms. The number of allylic oxidation sites excluding steroid dienone is 10. The number of benzene rings is 4. The Morgan fingerprint density at radius 1 is 0.698 bits per heavy atom. The predicted molar refractivity (Wildman–Crippen MR) is 179 cm³/mol. The first-order valence-corrected chi connectivity index (χ1v) is 16.2. The van der Waals surface area contributed by atoms with Gasteiger partial charge in [-0.3, -0.25) is 0 Å². The van der Waals surface area contributed by atoms with Crippen LogP contribution in [0.3, 0.4) is 0 Å². The molecule has 0 radical (unpaired) electrons. The summed E-state index contributed by atoms with van der Waals surface area (Å²) in [7, 11) is 0. The first-order chi connectivity index (χ1) is 21.3. The van der Waals surface area contributed by atoms with Gasteiger partial charge in [0.15, 0.2) is 0 Å². The monoisotopic (exact) mass is 556 g/mol. The van der Waals surface area contributed by atoms with Crippen molar-refractivity contribution in [3.8, 4) is 5.75 Å². The Balaban J connectivity index is 1.26. The minimum Gasteiger partial charge on any atom is -0.485 e. The van der Waals surface area contributed by atoms with Gasteiger partial charge in [0.05, 0.1) is 0 Å². The highest BCUT2D eigenvalue weighted by Gasteiger charge is 2.46. The Morgan fingerprint density at radius 2 is 1.44 bits per heavy atom. The van der Waals surface area contributed by atoms with Crippen molar-refractivity contribution >= 4 is 27.1 Å². The van der Waals surface area contributed by atoms with Crippen LogP contribution < -0.4 is 4.74 Å². The van der Waals surface area contributed by atoms with Crippen molar-refractivity contribution in [1.82, 2.24) is 0 Å². The van der Waals surface area contributed by atoms with Gasteiger partial charge < -0.3 is 4.74 Å². The molecule has 0 aromatic heterocycles. The van der Waals surface area contributed by atoms with Crippen molar-refractivity contribution < 1.29 is 4.74 Å². The molecule has 1 aliphatic heterocycles. The summed E-state index contributed by atoms with van der Waals surface area (Å²) in [6.45, 7) is 0. The summed E-state index contributed by atoms with van der Waals surface area (Å²) >= 11 is 0. The van der Waals surface area contributed by atoms with E-state index in [1.54, 1.807) is 5.57 Å². The summed E-state index contributed by atoms with van der Waals surface area (Å²) in [6.07, 6.45) is 25.7. The zero-order chi connectivity index (χ0) is 28.3. The quantitative estimate of drug-likeness (QED) is 0.228. The molecule has 4 aliphatic carbocycles. The first-order valence-electron chi connectivity index (χ1n) is 16.2. The Morgan fingerprint density at radius 3 is 2.23 bits per heavy atom. The molecule has 4 unspecified atom stereocenters. The molecule has 1 heteroatoms. The van der Waals surface area contributed by atoms with Gasteiger partial charge in [0.25, 0.3) is 0 Å². The third-order valence-corrected chi connectivity index (χ3v) is 10.6. The van der Waals surface area contributed by atoms with Gasteiger partial charge in [-0.2, -0.15) is 0 Å². The van der Waals surface area contributed by atoms with E-state index in [1.807, 2.05) is 0 Å². The van der Waals surface area contributed by atoms with E-state index in [0.29, 0.717) is 17.8 Å². The molecule has 4 aromatic rings. The molecule has 0 bridgehead atoms. The summed E-state index contributed by atoms with van der Waals surface area (Å²) in [4.78, 5) is 0. The van der Waals surface area contributed by atoms with Crippen LogP contribution in [0.15, 0.2) is 138 Å². The number of para-hydroxylation sites is 1. The fraction of sp³-hybridized carbons (Fsp3) is 0.238. The van der Waals surface area contributed by atoms with Crippen molar-refractivity contribution in [2.75, 3.05) is 0 Å². The maximum Gasteiger partial charge on any atom is 0.131 e. The van der Waals surface area contributed by atoms with E-state index in [9.17, 15) is 0 Å². The lowest BCUT2D eigenvalue weighted by atomic mass is 9.66. The summed E-state index contributed by atoms with van der Waals surface area (Å²) in [6, 6.07) is 27.3. The van der Waals surface area contributed by atoms with Crippen molar-refractivity contribution in [3.63, 3.8) is 0 Å². The largest absolute Gasteiger partial charge is 0.485 e. The highest BCUT2D eigenvalue weighted by molar-refractivity contribution is 6.12. The average Bonchev–Trinajstić information content (AvgIpc) is 3.48. The third-order valence-electron chi connectivity index (χ3n) is 10.6. The van der Waals surface area contributed by atoms with Crippen LogP contribution in [0.25, 0.3) is 27.1 Å². The van der Waals surface area contributed by atoms with Gasteiger partial charge in [-0.25, -0.2) is 0 Å². The fourth-order valence-corrected chi connectivity index (χ4v) is 8.75. The van der Waals surface area contributed by atoms with E-state index in [0.717, 1.165) is 44.3 Å². The topological polar surface area (TPSA) is 9.23 Å². The van der Waals surface area contributed by atoms with Gasteiger partial charge >= 0.3 is 0 Å². The third kappa shape index (κ3) is 3.98. The van der Waals surface area contributed by atoms with Crippen LogP contribution in [0.4, 0.5) is 0 Å². The van der Waals surface area contributed by atoms with Crippen molar-refractivity contribution in [2.24, 2.45) is 5.92 Å². The first kappa shape index (κ1) is 25.2. The SMILES string of the molecule is C1=CC(C2=CCCC=C2)CC(c2c3ccccc3c(C3CC4=C(C=CCC4)C4Oc5ccccc5C43)c3ccccc23)=C1. The van der Waals surface area contributed by atoms with Crippen molar-refractivity contribution in [1.29, 1.82) is 0 Å².